The van der Waals surface area contributed by atoms with Crippen LogP contribution in [0.25, 0.3) is 0 Å². The molecule has 4 aromatic rings. The van der Waals surface area contributed by atoms with Crippen molar-refractivity contribution in [2.24, 2.45) is 4.40 Å². The monoisotopic (exact) mass is 471 g/mol. The summed E-state index contributed by atoms with van der Waals surface area (Å²) in [6.07, 6.45) is 1.56. The predicted molar refractivity (Wildman–Crippen MR) is 135 cm³/mol. The highest BCUT2D eigenvalue weighted by Crippen LogP contribution is 2.39. The van der Waals surface area contributed by atoms with Crippen LogP contribution in [0.4, 0.5) is 0 Å². The molecule has 1 unspecified atom stereocenters. The number of nitrogens with zero attached hydrogens (tertiary/aromatic N) is 1. The van der Waals surface area contributed by atoms with E-state index < -0.39 is 11.0 Å². The first-order chi connectivity index (χ1) is 16.7. The standard InChI is InChI=1S/C28H25NO4S/c1-31-28-26(32-20-22-11-5-2-6-12-22)17-24(19-29-34(30)25-15-9-4-10-16-25)18-27(28)33-21-23-13-7-3-8-14-23/h2-19H,20-21H2,1H3/b29-19+. The number of ether oxygens (including phenoxy) is 3. The van der Waals surface area contributed by atoms with Crippen LogP contribution >= 0.6 is 0 Å². The Morgan fingerprint density at radius 3 is 1.68 bits per heavy atom. The zero-order valence-corrected chi connectivity index (χ0v) is 19.6. The molecule has 0 amide bonds. The van der Waals surface area contributed by atoms with Gasteiger partial charge in [-0.05, 0) is 35.4 Å². The normalized spacial score (nSPS) is 11.8. The van der Waals surface area contributed by atoms with E-state index in [1.54, 1.807) is 25.5 Å². The Morgan fingerprint density at radius 1 is 0.735 bits per heavy atom. The molecule has 0 radical (unpaired) electrons. The summed E-state index contributed by atoms with van der Waals surface area (Å²) in [6.45, 7) is 0.734. The van der Waals surface area contributed by atoms with Crippen molar-refractivity contribution in [3.05, 3.63) is 120 Å². The first-order valence-electron chi connectivity index (χ1n) is 10.8. The van der Waals surface area contributed by atoms with E-state index in [0.717, 1.165) is 11.1 Å². The SMILES string of the molecule is COc1c(OCc2ccccc2)cc(/C=N/S(=O)c2ccccc2)cc1OCc1ccccc1. The van der Waals surface area contributed by atoms with Gasteiger partial charge in [0.2, 0.25) is 5.75 Å². The number of hydrogen-bond donors (Lipinski definition) is 0. The second-order valence-electron chi connectivity index (χ2n) is 7.40. The molecule has 0 aliphatic rings. The maximum Gasteiger partial charge on any atom is 0.203 e. The number of methoxy groups -OCH3 is 1. The van der Waals surface area contributed by atoms with E-state index in [2.05, 4.69) is 4.40 Å². The van der Waals surface area contributed by atoms with Crippen molar-refractivity contribution >= 4 is 17.2 Å². The summed E-state index contributed by atoms with van der Waals surface area (Å²) in [7, 11) is 0.0671. The second-order valence-corrected chi connectivity index (χ2v) is 8.58. The topological polar surface area (TPSA) is 57.1 Å². The summed E-state index contributed by atoms with van der Waals surface area (Å²) in [4.78, 5) is 0.633. The molecule has 0 saturated heterocycles. The molecule has 0 saturated carbocycles. The smallest absolute Gasteiger partial charge is 0.203 e. The van der Waals surface area contributed by atoms with Crippen molar-refractivity contribution in [1.29, 1.82) is 0 Å². The van der Waals surface area contributed by atoms with Gasteiger partial charge < -0.3 is 14.2 Å². The second kappa shape index (κ2) is 11.8. The Hall–Kier alpha value is -3.90. The van der Waals surface area contributed by atoms with E-state index in [-0.39, 0.29) is 0 Å². The van der Waals surface area contributed by atoms with Crippen molar-refractivity contribution in [2.75, 3.05) is 7.11 Å². The van der Waals surface area contributed by atoms with Crippen molar-refractivity contribution in [3.63, 3.8) is 0 Å². The van der Waals surface area contributed by atoms with E-state index in [1.165, 1.54) is 0 Å². The molecule has 5 nitrogen and oxygen atoms in total. The summed E-state index contributed by atoms with van der Waals surface area (Å²) in [6, 6.07) is 32.5. The van der Waals surface area contributed by atoms with Crippen LogP contribution in [0.3, 0.4) is 0 Å². The summed E-state index contributed by atoms with van der Waals surface area (Å²) >= 11 is 0. The van der Waals surface area contributed by atoms with E-state index in [1.807, 2.05) is 91.0 Å². The Morgan fingerprint density at radius 2 is 1.21 bits per heavy atom. The Kier molecular flexibility index (Phi) is 8.08. The first kappa shape index (κ1) is 23.3. The fourth-order valence-corrected chi connectivity index (χ4v) is 3.99. The van der Waals surface area contributed by atoms with Crippen molar-refractivity contribution in [1.82, 2.24) is 0 Å². The van der Waals surface area contributed by atoms with Crippen LogP contribution in [0.5, 0.6) is 17.2 Å². The van der Waals surface area contributed by atoms with Crippen LogP contribution < -0.4 is 14.2 Å². The van der Waals surface area contributed by atoms with Gasteiger partial charge in [0.15, 0.2) is 22.5 Å². The highest BCUT2D eigenvalue weighted by atomic mass is 32.2. The molecule has 1 atom stereocenters. The lowest BCUT2D eigenvalue weighted by molar-refractivity contribution is 0.257. The predicted octanol–water partition coefficient (Wildman–Crippen LogP) is 5.99. The molecule has 0 aliphatic carbocycles. The van der Waals surface area contributed by atoms with Gasteiger partial charge in [0, 0.05) is 11.8 Å². The van der Waals surface area contributed by atoms with Gasteiger partial charge in [-0.25, -0.2) is 4.21 Å². The minimum Gasteiger partial charge on any atom is -0.490 e. The van der Waals surface area contributed by atoms with Gasteiger partial charge in [-0.15, -0.1) is 0 Å². The summed E-state index contributed by atoms with van der Waals surface area (Å²) in [5.74, 6) is 1.53. The number of rotatable bonds is 10. The van der Waals surface area contributed by atoms with Gasteiger partial charge in [0.1, 0.15) is 13.2 Å². The van der Waals surface area contributed by atoms with E-state index in [9.17, 15) is 4.21 Å². The van der Waals surface area contributed by atoms with E-state index in [4.69, 9.17) is 14.2 Å². The van der Waals surface area contributed by atoms with Gasteiger partial charge in [-0.3, -0.25) is 0 Å². The largest absolute Gasteiger partial charge is 0.490 e. The lowest BCUT2D eigenvalue weighted by Gasteiger charge is -2.16. The van der Waals surface area contributed by atoms with Crippen LogP contribution in [-0.4, -0.2) is 17.5 Å². The molecule has 0 bridgehead atoms. The Labute approximate surface area is 202 Å². The quantitative estimate of drug-likeness (QED) is 0.266. The van der Waals surface area contributed by atoms with Gasteiger partial charge in [-0.1, -0.05) is 78.9 Å². The van der Waals surface area contributed by atoms with Crippen LogP contribution in [0.2, 0.25) is 0 Å². The average Bonchev–Trinajstić information content (AvgIpc) is 2.90. The van der Waals surface area contributed by atoms with Crippen LogP contribution in [0, 0.1) is 0 Å². The average molecular weight is 472 g/mol. The molecule has 172 valence electrons. The van der Waals surface area contributed by atoms with Gasteiger partial charge in [0.05, 0.1) is 12.0 Å². The summed E-state index contributed by atoms with van der Waals surface area (Å²) in [5.41, 5.74) is 2.75. The molecule has 0 N–H and O–H groups in total. The van der Waals surface area contributed by atoms with Gasteiger partial charge in [-0.2, -0.15) is 4.40 Å². The van der Waals surface area contributed by atoms with Crippen molar-refractivity contribution in [3.8, 4) is 17.2 Å². The molecule has 0 fully saturated rings. The zero-order chi connectivity index (χ0) is 23.6. The highest BCUT2D eigenvalue weighted by molar-refractivity contribution is 7.83. The maximum absolute atomic E-state index is 12.6. The molecular weight excluding hydrogens is 446 g/mol. The molecule has 34 heavy (non-hydrogen) atoms. The molecule has 0 aliphatic heterocycles. The highest BCUT2D eigenvalue weighted by Gasteiger charge is 2.15. The fourth-order valence-electron chi connectivity index (χ4n) is 3.26. The third-order valence-electron chi connectivity index (χ3n) is 4.96. The number of hydrogen-bond acceptors (Lipinski definition) is 4. The third kappa shape index (κ3) is 6.33. The lowest BCUT2D eigenvalue weighted by atomic mass is 10.2. The molecule has 0 heterocycles. The first-order valence-corrected chi connectivity index (χ1v) is 11.9. The summed E-state index contributed by atoms with van der Waals surface area (Å²) in [5, 5.41) is 0. The molecule has 4 aromatic carbocycles. The molecule has 6 heteroatoms. The maximum atomic E-state index is 12.6. The number of benzene rings is 4. The Balaban J connectivity index is 1.62. The zero-order valence-electron chi connectivity index (χ0n) is 18.8. The Bertz CT molecular complexity index is 1180. The van der Waals surface area contributed by atoms with E-state index >= 15 is 0 Å². The van der Waals surface area contributed by atoms with Gasteiger partial charge in [0.25, 0.3) is 0 Å². The van der Waals surface area contributed by atoms with Crippen LogP contribution in [0.1, 0.15) is 16.7 Å². The van der Waals surface area contributed by atoms with E-state index in [0.29, 0.717) is 40.9 Å². The molecule has 0 spiro atoms. The fraction of sp³-hybridized carbons (Fsp3) is 0.107. The molecule has 4 rings (SSSR count). The lowest BCUT2D eigenvalue weighted by Crippen LogP contribution is -2.03. The van der Waals surface area contributed by atoms with Crippen LogP contribution in [-0.2, 0) is 24.2 Å². The summed E-state index contributed by atoms with van der Waals surface area (Å²) < 4.78 is 34.6. The molecular formula is C28H25NO4S. The van der Waals surface area contributed by atoms with Crippen molar-refractivity contribution < 1.29 is 18.4 Å². The van der Waals surface area contributed by atoms with Crippen molar-refractivity contribution in [2.45, 2.75) is 18.1 Å². The van der Waals surface area contributed by atoms with Gasteiger partial charge >= 0.3 is 0 Å². The minimum atomic E-state index is -1.51. The molecule has 0 aromatic heterocycles. The minimum absolute atomic E-state index is 0.367. The third-order valence-corrected chi connectivity index (χ3v) is 5.94. The van der Waals surface area contributed by atoms with Crippen LogP contribution in [0.15, 0.2) is 112 Å².